The molecule has 1 rings (SSSR count). The van der Waals surface area contributed by atoms with Crippen molar-refractivity contribution >= 4 is 15.9 Å². The molecule has 3 nitrogen and oxygen atoms in total. The monoisotopic (exact) mass is 315 g/mol. The zero-order chi connectivity index (χ0) is 13.6. The van der Waals surface area contributed by atoms with Crippen LogP contribution < -0.4 is 10.1 Å². The second-order valence-corrected chi connectivity index (χ2v) is 5.79. The van der Waals surface area contributed by atoms with Crippen molar-refractivity contribution < 1.29 is 9.84 Å². The summed E-state index contributed by atoms with van der Waals surface area (Å²) in [7, 11) is 0. The summed E-state index contributed by atoms with van der Waals surface area (Å²) in [6.45, 7) is 7.60. The maximum Gasteiger partial charge on any atom is 0.123 e. The molecule has 0 aliphatic heterocycles. The first-order valence-corrected chi connectivity index (χ1v) is 7.06. The third kappa shape index (κ3) is 5.38. The molecule has 0 spiro atoms. The van der Waals surface area contributed by atoms with Crippen molar-refractivity contribution in [3.05, 3.63) is 28.2 Å². The van der Waals surface area contributed by atoms with Crippen molar-refractivity contribution in [2.75, 3.05) is 19.7 Å². The molecule has 0 bridgehead atoms. The molecule has 4 heteroatoms. The van der Waals surface area contributed by atoms with Gasteiger partial charge in [-0.2, -0.15) is 0 Å². The van der Waals surface area contributed by atoms with Crippen molar-refractivity contribution in [2.45, 2.75) is 32.8 Å². The molecule has 1 unspecified atom stereocenters. The van der Waals surface area contributed by atoms with E-state index in [4.69, 9.17) is 4.74 Å². The third-order valence-electron chi connectivity index (χ3n) is 2.62. The standard InChI is InChI=1S/C14H22BrNO2/c1-4-7-16-9-14(3,17)10-18-13-8-12(15)6-5-11(13)2/h5-6,8,16-17H,4,7,9-10H2,1-3H3. The van der Waals surface area contributed by atoms with E-state index < -0.39 is 5.60 Å². The lowest BCUT2D eigenvalue weighted by Crippen LogP contribution is -2.43. The lowest BCUT2D eigenvalue weighted by atomic mass is 10.1. The van der Waals surface area contributed by atoms with Crippen LogP contribution in [0, 0.1) is 6.92 Å². The van der Waals surface area contributed by atoms with Crippen molar-refractivity contribution in [3.63, 3.8) is 0 Å². The van der Waals surface area contributed by atoms with Crippen LogP contribution in [0.25, 0.3) is 0 Å². The molecule has 0 fully saturated rings. The van der Waals surface area contributed by atoms with Crippen LogP contribution in [0.1, 0.15) is 25.8 Å². The molecular weight excluding hydrogens is 294 g/mol. The molecule has 0 aliphatic carbocycles. The first-order chi connectivity index (χ1) is 8.44. The smallest absolute Gasteiger partial charge is 0.123 e. The van der Waals surface area contributed by atoms with Crippen LogP contribution in [-0.4, -0.2) is 30.4 Å². The molecule has 0 heterocycles. The van der Waals surface area contributed by atoms with Gasteiger partial charge in [0.25, 0.3) is 0 Å². The third-order valence-corrected chi connectivity index (χ3v) is 3.11. The van der Waals surface area contributed by atoms with Gasteiger partial charge in [-0.1, -0.05) is 28.9 Å². The van der Waals surface area contributed by atoms with E-state index in [2.05, 4.69) is 28.2 Å². The summed E-state index contributed by atoms with van der Waals surface area (Å²) in [4.78, 5) is 0. The average molecular weight is 316 g/mol. The van der Waals surface area contributed by atoms with Gasteiger partial charge in [-0.05, 0) is 44.5 Å². The first-order valence-electron chi connectivity index (χ1n) is 6.26. The Balaban J connectivity index is 2.50. The lowest BCUT2D eigenvalue weighted by Gasteiger charge is -2.24. The Labute approximate surface area is 118 Å². The Kier molecular flexibility index (Phi) is 6.12. The van der Waals surface area contributed by atoms with Crippen LogP contribution in [-0.2, 0) is 0 Å². The summed E-state index contributed by atoms with van der Waals surface area (Å²) in [6, 6.07) is 5.89. The molecule has 0 aromatic heterocycles. The number of hydrogen-bond donors (Lipinski definition) is 2. The van der Waals surface area contributed by atoms with E-state index in [9.17, 15) is 5.11 Å². The zero-order valence-corrected chi connectivity index (χ0v) is 12.9. The van der Waals surface area contributed by atoms with Gasteiger partial charge in [-0.15, -0.1) is 0 Å². The van der Waals surface area contributed by atoms with E-state index in [0.717, 1.165) is 28.8 Å². The highest BCUT2D eigenvalue weighted by atomic mass is 79.9. The highest BCUT2D eigenvalue weighted by Gasteiger charge is 2.21. The molecule has 0 saturated carbocycles. The minimum Gasteiger partial charge on any atom is -0.490 e. The Bertz CT molecular complexity index is 380. The van der Waals surface area contributed by atoms with Gasteiger partial charge in [0.05, 0.1) is 0 Å². The van der Waals surface area contributed by atoms with E-state index in [1.54, 1.807) is 6.92 Å². The normalized spacial score (nSPS) is 14.3. The summed E-state index contributed by atoms with van der Waals surface area (Å²) in [5.74, 6) is 0.806. The molecule has 1 aromatic carbocycles. The SMILES string of the molecule is CCCNCC(C)(O)COc1cc(Br)ccc1C. The fourth-order valence-corrected chi connectivity index (χ4v) is 1.89. The van der Waals surface area contributed by atoms with E-state index in [1.807, 2.05) is 25.1 Å². The molecule has 0 radical (unpaired) electrons. The van der Waals surface area contributed by atoms with E-state index >= 15 is 0 Å². The van der Waals surface area contributed by atoms with Crippen LogP contribution in [0.15, 0.2) is 22.7 Å². The molecular formula is C14H22BrNO2. The Hall–Kier alpha value is -0.580. The highest BCUT2D eigenvalue weighted by Crippen LogP contribution is 2.23. The van der Waals surface area contributed by atoms with Crippen LogP contribution in [0.2, 0.25) is 0 Å². The predicted octanol–water partition coefficient (Wildman–Crippen LogP) is 2.89. The predicted molar refractivity (Wildman–Crippen MR) is 78.2 cm³/mol. The molecule has 18 heavy (non-hydrogen) atoms. The Morgan fingerprint density at radius 2 is 2.17 bits per heavy atom. The van der Waals surface area contributed by atoms with Crippen LogP contribution in [0.3, 0.4) is 0 Å². The lowest BCUT2D eigenvalue weighted by molar-refractivity contribution is 0.0123. The summed E-state index contributed by atoms with van der Waals surface area (Å²) in [6.07, 6.45) is 1.06. The average Bonchev–Trinajstić information content (AvgIpc) is 2.31. The molecule has 0 aliphatic rings. The van der Waals surface area contributed by atoms with E-state index in [0.29, 0.717) is 6.54 Å². The number of ether oxygens (including phenoxy) is 1. The molecule has 2 N–H and O–H groups in total. The maximum absolute atomic E-state index is 10.2. The quantitative estimate of drug-likeness (QED) is 0.760. The second kappa shape index (κ2) is 7.12. The number of halogens is 1. The first kappa shape index (κ1) is 15.5. The molecule has 0 saturated heterocycles. The highest BCUT2D eigenvalue weighted by molar-refractivity contribution is 9.10. The van der Waals surface area contributed by atoms with Crippen LogP contribution in [0.5, 0.6) is 5.75 Å². The van der Waals surface area contributed by atoms with Gasteiger partial charge >= 0.3 is 0 Å². The molecule has 102 valence electrons. The second-order valence-electron chi connectivity index (χ2n) is 4.87. The van der Waals surface area contributed by atoms with Crippen LogP contribution in [0.4, 0.5) is 0 Å². The number of rotatable bonds is 7. The Morgan fingerprint density at radius 1 is 1.44 bits per heavy atom. The zero-order valence-electron chi connectivity index (χ0n) is 11.3. The number of hydrogen-bond acceptors (Lipinski definition) is 3. The van der Waals surface area contributed by atoms with E-state index in [-0.39, 0.29) is 6.61 Å². The van der Waals surface area contributed by atoms with E-state index in [1.165, 1.54) is 0 Å². The maximum atomic E-state index is 10.2. The molecule has 1 atom stereocenters. The van der Waals surface area contributed by atoms with Gasteiger partial charge in [0, 0.05) is 11.0 Å². The summed E-state index contributed by atoms with van der Waals surface area (Å²) >= 11 is 3.41. The van der Waals surface area contributed by atoms with Crippen LogP contribution >= 0.6 is 15.9 Å². The van der Waals surface area contributed by atoms with Gasteiger partial charge in [0.1, 0.15) is 18.0 Å². The molecule has 0 amide bonds. The van der Waals surface area contributed by atoms with Gasteiger partial charge in [0.2, 0.25) is 0 Å². The van der Waals surface area contributed by atoms with Gasteiger partial charge in [0.15, 0.2) is 0 Å². The van der Waals surface area contributed by atoms with Crippen molar-refractivity contribution in [1.29, 1.82) is 0 Å². The number of aliphatic hydroxyl groups is 1. The number of aryl methyl sites for hydroxylation is 1. The number of nitrogens with one attached hydrogen (secondary N) is 1. The van der Waals surface area contributed by atoms with Gasteiger partial charge in [-0.3, -0.25) is 0 Å². The Morgan fingerprint density at radius 3 is 2.83 bits per heavy atom. The van der Waals surface area contributed by atoms with Gasteiger partial charge in [-0.25, -0.2) is 0 Å². The largest absolute Gasteiger partial charge is 0.490 e. The van der Waals surface area contributed by atoms with Crippen molar-refractivity contribution in [2.24, 2.45) is 0 Å². The molecule has 1 aromatic rings. The topological polar surface area (TPSA) is 41.5 Å². The number of benzene rings is 1. The van der Waals surface area contributed by atoms with Crippen molar-refractivity contribution in [1.82, 2.24) is 5.32 Å². The fraction of sp³-hybridized carbons (Fsp3) is 0.571. The summed E-state index contributed by atoms with van der Waals surface area (Å²) < 4.78 is 6.67. The van der Waals surface area contributed by atoms with Gasteiger partial charge < -0.3 is 15.2 Å². The fourth-order valence-electron chi connectivity index (χ4n) is 1.55. The summed E-state index contributed by atoms with van der Waals surface area (Å²) in [5, 5.41) is 13.4. The minimum absolute atomic E-state index is 0.279. The van der Waals surface area contributed by atoms with Crippen molar-refractivity contribution in [3.8, 4) is 5.75 Å². The minimum atomic E-state index is -0.857. The summed E-state index contributed by atoms with van der Waals surface area (Å²) in [5.41, 5.74) is 0.208.